The molecule has 0 aliphatic rings. The third kappa shape index (κ3) is 3.28. The zero-order chi connectivity index (χ0) is 19.7. The minimum Gasteiger partial charge on any atom is -0.383 e. The number of pyridine rings is 2. The molecule has 2 heterocycles. The number of nitriles is 1. The Bertz CT molecular complexity index is 1230. The number of benzene rings is 2. The summed E-state index contributed by atoms with van der Waals surface area (Å²) in [6.07, 6.45) is 0.144. The van der Waals surface area contributed by atoms with Crippen LogP contribution in [0.1, 0.15) is 11.1 Å². The summed E-state index contributed by atoms with van der Waals surface area (Å²) < 4.78 is 0. The summed E-state index contributed by atoms with van der Waals surface area (Å²) in [6.45, 7) is 2.02. The predicted molar refractivity (Wildman–Crippen MR) is 114 cm³/mol. The molecule has 4 aromatic rings. The highest BCUT2D eigenvalue weighted by molar-refractivity contribution is 6.32. The van der Waals surface area contributed by atoms with E-state index < -0.39 is 0 Å². The second-order valence-electron chi connectivity index (χ2n) is 6.64. The molecule has 2 aromatic carbocycles. The Balaban J connectivity index is 1.99. The Morgan fingerprint density at radius 1 is 1.00 bits per heavy atom. The Kier molecular flexibility index (Phi) is 4.68. The number of hydrogen-bond acceptors (Lipinski definition) is 4. The van der Waals surface area contributed by atoms with Crippen LogP contribution in [0.4, 0.5) is 5.82 Å². The van der Waals surface area contributed by atoms with Gasteiger partial charge in [0.15, 0.2) is 0 Å². The maximum absolute atomic E-state index is 9.29. The van der Waals surface area contributed by atoms with E-state index in [1.165, 1.54) is 0 Å². The Morgan fingerprint density at radius 3 is 2.54 bits per heavy atom. The summed E-state index contributed by atoms with van der Waals surface area (Å²) in [4.78, 5) is 9.08. The highest BCUT2D eigenvalue weighted by atomic mass is 35.5. The first-order chi connectivity index (χ1) is 13.6. The summed E-state index contributed by atoms with van der Waals surface area (Å²) in [7, 11) is 0. The van der Waals surface area contributed by atoms with Gasteiger partial charge in [-0.05, 0) is 36.2 Å². The van der Waals surface area contributed by atoms with Crippen LogP contribution in [0.15, 0.2) is 60.7 Å². The van der Waals surface area contributed by atoms with Gasteiger partial charge in [0.25, 0.3) is 0 Å². The van der Waals surface area contributed by atoms with Crippen molar-refractivity contribution in [1.29, 1.82) is 5.26 Å². The molecular formula is C23H17ClN4. The Labute approximate surface area is 168 Å². The van der Waals surface area contributed by atoms with E-state index in [-0.39, 0.29) is 6.42 Å². The van der Waals surface area contributed by atoms with Crippen LogP contribution in [0.5, 0.6) is 0 Å². The number of nitrogen functional groups attached to an aromatic ring is 1. The minimum atomic E-state index is 0.144. The smallest absolute Gasteiger partial charge is 0.137 e. The van der Waals surface area contributed by atoms with Crippen LogP contribution < -0.4 is 5.73 Å². The fourth-order valence-electron chi connectivity index (χ4n) is 3.30. The van der Waals surface area contributed by atoms with Crippen LogP contribution in [0.3, 0.4) is 0 Å². The molecule has 0 aliphatic heterocycles. The lowest BCUT2D eigenvalue weighted by Gasteiger charge is -2.14. The van der Waals surface area contributed by atoms with Gasteiger partial charge in [-0.3, -0.25) is 0 Å². The number of hydrogen-bond donors (Lipinski definition) is 1. The van der Waals surface area contributed by atoms with E-state index in [1.54, 1.807) is 0 Å². The molecule has 0 radical (unpaired) electrons. The average Bonchev–Trinajstić information content (AvgIpc) is 2.69. The molecular weight excluding hydrogens is 368 g/mol. The standard InChI is InChI=1S/C23H17ClN4/c1-14-7-8-16-12-19(22(24)27-20(16)11-14)18-13-21(15-5-3-2-4-6-15)28-23(26)17(18)9-10-25/h2-8,11-13H,9H2,1H3,(H2,26,28). The largest absolute Gasteiger partial charge is 0.383 e. The van der Waals surface area contributed by atoms with Gasteiger partial charge in [0.1, 0.15) is 11.0 Å². The lowest BCUT2D eigenvalue weighted by atomic mass is 9.96. The number of aromatic nitrogens is 2. The number of rotatable bonds is 3. The van der Waals surface area contributed by atoms with E-state index in [0.717, 1.165) is 38.9 Å². The molecule has 136 valence electrons. The molecule has 0 atom stereocenters. The van der Waals surface area contributed by atoms with Crippen LogP contribution >= 0.6 is 11.6 Å². The SMILES string of the molecule is Cc1ccc2cc(-c3cc(-c4ccccc4)nc(N)c3CC#N)c(Cl)nc2c1. The quantitative estimate of drug-likeness (QED) is 0.468. The van der Waals surface area contributed by atoms with Crippen LogP contribution in [-0.4, -0.2) is 9.97 Å². The maximum Gasteiger partial charge on any atom is 0.137 e. The van der Waals surface area contributed by atoms with E-state index in [1.807, 2.05) is 67.6 Å². The fourth-order valence-corrected chi connectivity index (χ4v) is 3.54. The third-order valence-electron chi connectivity index (χ3n) is 4.70. The van der Waals surface area contributed by atoms with Gasteiger partial charge < -0.3 is 5.73 Å². The molecule has 0 saturated carbocycles. The fraction of sp³-hybridized carbons (Fsp3) is 0.0870. The lowest BCUT2D eigenvalue weighted by Crippen LogP contribution is -2.02. The number of aryl methyl sites for hydroxylation is 1. The topological polar surface area (TPSA) is 75.6 Å². The zero-order valence-electron chi connectivity index (χ0n) is 15.3. The van der Waals surface area contributed by atoms with E-state index in [2.05, 4.69) is 16.0 Å². The highest BCUT2D eigenvalue weighted by Crippen LogP contribution is 2.36. The molecule has 0 saturated heterocycles. The maximum atomic E-state index is 9.29. The molecule has 28 heavy (non-hydrogen) atoms. The molecule has 0 aliphatic carbocycles. The summed E-state index contributed by atoms with van der Waals surface area (Å²) in [5, 5.41) is 10.6. The van der Waals surface area contributed by atoms with E-state index in [9.17, 15) is 5.26 Å². The number of halogens is 1. The van der Waals surface area contributed by atoms with Crippen molar-refractivity contribution in [3.63, 3.8) is 0 Å². The first-order valence-corrected chi connectivity index (χ1v) is 9.23. The van der Waals surface area contributed by atoms with Crippen LogP contribution in [0, 0.1) is 18.3 Å². The van der Waals surface area contributed by atoms with Gasteiger partial charge in [-0.15, -0.1) is 0 Å². The zero-order valence-corrected chi connectivity index (χ0v) is 16.0. The average molecular weight is 385 g/mol. The van der Waals surface area contributed by atoms with Gasteiger partial charge in [-0.25, -0.2) is 9.97 Å². The van der Waals surface area contributed by atoms with Gasteiger partial charge in [0.2, 0.25) is 0 Å². The summed E-state index contributed by atoms with van der Waals surface area (Å²) in [6, 6.07) is 21.9. The molecule has 2 N–H and O–H groups in total. The van der Waals surface area contributed by atoms with E-state index in [0.29, 0.717) is 16.5 Å². The van der Waals surface area contributed by atoms with Crippen molar-refractivity contribution in [2.45, 2.75) is 13.3 Å². The molecule has 0 bridgehead atoms. The number of nitrogens with zero attached hydrogens (tertiary/aromatic N) is 3. The Morgan fingerprint density at radius 2 is 1.79 bits per heavy atom. The summed E-state index contributed by atoms with van der Waals surface area (Å²) in [5.41, 5.74) is 12.1. The second kappa shape index (κ2) is 7.30. The van der Waals surface area contributed by atoms with Crippen molar-refractivity contribution in [1.82, 2.24) is 9.97 Å². The molecule has 0 spiro atoms. The van der Waals surface area contributed by atoms with Crippen molar-refractivity contribution in [3.05, 3.63) is 76.9 Å². The van der Waals surface area contributed by atoms with Crippen molar-refractivity contribution >= 4 is 28.3 Å². The number of fused-ring (bicyclic) bond motifs is 1. The van der Waals surface area contributed by atoms with Crippen LogP contribution in [0.2, 0.25) is 5.15 Å². The molecule has 4 nitrogen and oxygen atoms in total. The van der Waals surface area contributed by atoms with Gasteiger partial charge >= 0.3 is 0 Å². The highest BCUT2D eigenvalue weighted by Gasteiger charge is 2.17. The van der Waals surface area contributed by atoms with Gasteiger partial charge in [-0.1, -0.05) is 54.1 Å². The second-order valence-corrected chi connectivity index (χ2v) is 7.00. The normalized spacial score (nSPS) is 10.8. The van der Waals surface area contributed by atoms with Gasteiger partial charge in [-0.2, -0.15) is 5.26 Å². The summed E-state index contributed by atoms with van der Waals surface area (Å²) >= 11 is 6.56. The molecule has 0 unspecified atom stereocenters. The minimum absolute atomic E-state index is 0.144. The third-order valence-corrected chi connectivity index (χ3v) is 4.99. The molecule has 0 amide bonds. The predicted octanol–water partition coefficient (Wildman–Crippen LogP) is 5.57. The van der Waals surface area contributed by atoms with Crippen molar-refractivity contribution in [2.24, 2.45) is 0 Å². The van der Waals surface area contributed by atoms with E-state index >= 15 is 0 Å². The summed E-state index contributed by atoms with van der Waals surface area (Å²) in [5.74, 6) is 0.331. The van der Waals surface area contributed by atoms with Crippen molar-refractivity contribution in [3.8, 4) is 28.5 Å². The van der Waals surface area contributed by atoms with Gasteiger partial charge in [0, 0.05) is 22.1 Å². The van der Waals surface area contributed by atoms with Crippen LogP contribution in [0.25, 0.3) is 33.3 Å². The monoisotopic (exact) mass is 384 g/mol. The Hall–Kier alpha value is -3.42. The van der Waals surface area contributed by atoms with Crippen LogP contribution in [-0.2, 0) is 6.42 Å². The molecule has 0 fully saturated rings. The van der Waals surface area contributed by atoms with Crippen molar-refractivity contribution < 1.29 is 0 Å². The number of anilines is 1. The van der Waals surface area contributed by atoms with E-state index in [4.69, 9.17) is 17.3 Å². The molecule has 2 aromatic heterocycles. The molecule has 5 heteroatoms. The first kappa shape index (κ1) is 18.0. The lowest BCUT2D eigenvalue weighted by molar-refractivity contribution is 1.20. The molecule has 4 rings (SSSR count). The first-order valence-electron chi connectivity index (χ1n) is 8.86. The number of nitrogens with two attached hydrogens (primary N) is 1. The van der Waals surface area contributed by atoms with Crippen molar-refractivity contribution in [2.75, 3.05) is 5.73 Å². The van der Waals surface area contributed by atoms with Gasteiger partial charge in [0.05, 0.1) is 23.7 Å².